The fourth-order valence-electron chi connectivity index (χ4n) is 4.23. The molecule has 0 aromatic heterocycles. The van der Waals surface area contributed by atoms with Gasteiger partial charge >= 0.3 is 5.97 Å². The van der Waals surface area contributed by atoms with Gasteiger partial charge in [0.25, 0.3) is 0 Å². The lowest BCUT2D eigenvalue weighted by molar-refractivity contribution is -0.137. The Morgan fingerprint density at radius 3 is 2.53 bits per heavy atom. The van der Waals surface area contributed by atoms with Crippen LogP contribution in [0.2, 0.25) is 0 Å². The summed E-state index contributed by atoms with van der Waals surface area (Å²) in [4.78, 5) is 25.1. The molecule has 3 rings (SSSR count). The molecule has 3 aliphatic rings. The van der Waals surface area contributed by atoms with Crippen LogP contribution < -0.4 is 0 Å². The standard InChI is InChI=1S/C15H23NO3/c17-13(18)7-6-10-3-2-8-16(9-10)15(19)14-11-4-1-5-12(11)14/h10-12,14H,1-9H2,(H,17,18)/t10-,11-,12+,14?/m0/s1. The van der Waals surface area contributed by atoms with Gasteiger partial charge in [-0.05, 0) is 49.9 Å². The van der Waals surface area contributed by atoms with Crippen LogP contribution in [0.4, 0.5) is 0 Å². The Balaban J connectivity index is 1.50. The third-order valence-corrected chi connectivity index (χ3v) is 5.29. The first-order valence-electron chi connectivity index (χ1n) is 7.67. The molecule has 4 heteroatoms. The number of rotatable bonds is 4. The average Bonchev–Trinajstić information content (AvgIpc) is 2.88. The summed E-state index contributed by atoms with van der Waals surface area (Å²) in [5.74, 6) is 1.74. The molecule has 2 saturated carbocycles. The van der Waals surface area contributed by atoms with Crippen molar-refractivity contribution in [3.8, 4) is 0 Å². The average molecular weight is 265 g/mol. The summed E-state index contributed by atoms with van der Waals surface area (Å²) in [6.07, 6.45) is 6.87. The summed E-state index contributed by atoms with van der Waals surface area (Å²) in [7, 11) is 0. The molecule has 106 valence electrons. The Hall–Kier alpha value is -1.06. The highest BCUT2D eigenvalue weighted by molar-refractivity contribution is 5.82. The lowest BCUT2D eigenvalue weighted by Crippen LogP contribution is -2.41. The summed E-state index contributed by atoms with van der Waals surface area (Å²) >= 11 is 0. The van der Waals surface area contributed by atoms with E-state index in [1.807, 2.05) is 4.90 Å². The zero-order chi connectivity index (χ0) is 13.4. The Bertz CT molecular complexity index is 372. The number of piperidine rings is 1. The molecule has 1 N–H and O–H groups in total. The molecular formula is C15H23NO3. The van der Waals surface area contributed by atoms with Crippen LogP contribution in [0.25, 0.3) is 0 Å². The van der Waals surface area contributed by atoms with E-state index in [2.05, 4.69) is 0 Å². The fraction of sp³-hybridized carbons (Fsp3) is 0.867. The Morgan fingerprint density at radius 1 is 1.11 bits per heavy atom. The monoisotopic (exact) mass is 265 g/mol. The predicted molar refractivity (Wildman–Crippen MR) is 70.5 cm³/mol. The Kier molecular flexibility index (Phi) is 3.50. The van der Waals surface area contributed by atoms with Crippen molar-refractivity contribution in [2.45, 2.75) is 44.9 Å². The van der Waals surface area contributed by atoms with E-state index in [9.17, 15) is 9.59 Å². The van der Waals surface area contributed by atoms with Gasteiger partial charge in [-0.2, -0.15) is 0 Å². The second-order valence-electron chi connectivity index (χ2n) is 6.51. The van der Waals surface area contributed by atoms with Crippen molar-refractivity contribution < 1.29 is 14.7 Å². The smallest absolute Gasteiger partial charge is 0.303 e. The second kappa shape index (κ2) is 5.14. The van der Waals surface area contributed by atoms with Crippen LogP contribution >= 0.6 is 0 Å². The third kappa shape index (κ3) is 2.63. The normalized spacial score (nSPS) is 36.9. The van der Waals surface area contributed by atoms with E-state index in [0.717, 1.165) is 32.4 Å². The SMILES string of the molecule is O=C(O)CC[C@@H]1CCCN(C(=O)C2[C@H]3CCC[C@@H]23)C1. The van der Waals surface area contributed by atoms with Crippen LogP contribution in [0.5, 0.6) is 0 Å². The molecule has 19 heavy (non-hydrogen) atoms. The van der Waals surface area contributed by atoms with Crippen molar-refractivity contribution in [2.24, 2.45) is 23.7 Å². The van der Waals surface area contributed by atoms with Gasteiger partial charge in [-0.15, -0.1) is 0 Å². The van der Waals surface area contributed by atoms with E-state index in [1.165, 1.54) is 19.3 Å². The van der Waals surface area contributed by atoms with Crippen molar-refractivity contribution in [3.63, 3.8) is 0 Å². The lowest BCUT2D eigenvalue weighted by atomic mass is 9.93. The van der Waals surface area contributed by atoms with Crippen LogP contribution in [-0.2, 0) is 9.59 Å². The van der Waals surface area contributed by atoms with Crippen molar-refractivity contribution in [2.75, 3.05) is 13.1 Å². The number of carbonyl (C=O) groups excluding carboxylic acids is 1. The van der Waals surface area contributed by atoms with Crippen LogP contribution in [-0.4, -0.2) is 35.0 Å². The van der Waals surface area contributed by atoms with E-state index < -0.39 is 5.97 Å². The highest BCUT2D eigenvalue weighted by Gasteiger charge is 2.57. The summed E-state index contributed by atoms with van der Waals surface area (Å²) < 4.78 is 0. The zero-order valence-corrected chi connectivity index (χ0v) is 11.4. The second-order valence-corrected chi connectivity index (χ2v) is 6.51. The first kappa shape index (κ1) is 12.9. The largest absolute Gasteiger partial charge is 0.481 e. The zero-order valence-electron chi connectivity index (χ0n) is 11.4. The maximum atomic E-state index is 12.5. The van der Waals surface area contributed by atoms with Crippen molar-refractivity contribution in [3.05, 3.63) is 0 Å². The molecule has 0 aromatic carbocycles. The van der Waals surface area contributed by atoms with Crippen LogP contribution in [0.15, 0.2) is 0 Å². The van der Waals surface area contributed by atoms with Crippen molar-refractivity contribution in [1.29, 1.82) is 0 Å². The van der Waals surface area contributed by atoms with Gasteiger partial charge in [0.15, 0.2) is 0 Å². The first-order valence-corrected chi connectivity index (χ1v) is 7.67. The molecule has 0 spiro atoms. The van der Waals surface area contributed by atoms with Gasteiger partial charge in [-0.25, -0.2) is 0 Å². The number of fused-ring (bicyclic) bond motifs is 1. The Morgan fingerprint density at radius 2 is 1.84 bits per heavy atom. The minimum atomic E-state index is -0.722. The Labute approximate surface area is 114 Å². The summed E-state index contributed by atoms with van der Waals surface area (Å²) in [6, 6.07) is 0. The maximum absolute atomic E-state index is 12.5. The maximum Gasteiger partial charge on any atom is 0.303 e. The van der Waals surface area contributed by atoms with Gasteiger partial charge in [0.1, 0.15) is 0 Å². The lowest BCUT2D eigenvalue weighted by Gasteiger charge is -2.33. The van der Waals surface area contributed by atoms with E-state index in [4.69, 9.17) is 5.11 Å². The number of hydrogen-bond acceptors (Lipinski definition) is 2. The molecule has 1 amide bonds. The number of aliphatic carboxylic acids is 1. The molecule has 1 saturated heterocycles. The minimum absolute atomic E-state index is 0.237. The highest BCUT2D eigenvalue weighted by Crippen LogP contribution is 2.58. The topological polar surface area (TPSA) is 57.6 Å². The van der Waals surface area contributed by atoms with Crippen LogP contribution in [0.1, 0.15) is 44.9 Å². The molecule has 0 radical (unpaired) electrons. The van der Waals surface area contributed by atoms with Gasteiger partial charge in [-0.3, -0.25) is 9.59 Å². The number of nitrogens with zero attached hydrogens (tertiary/aromatic N) is 1. The number of hydrogen-bond donors (Lipinski definition) is 1. The molecule has 0 bridgehead atoms. The minimum Gasteiger partial charge on any atom is -0.481 e. The number of carboxylic acids is 1. The summed E-state index contributed by atoms with van der Waals surface area (Å²) in [5.41, 5.74) is 0. The molecule has 0 aromatic rings. The van der Waals surface area contributed by atoms with E-state index in [1.54, 1.807) is 0 Å². The molecular weight excluding hydrogens is 242 g/mol. The molecule has 3 fully saturated rings. The third-order valence-electron chi connectivity index (χ3n) is 5.29. The van der Waals surface area contributed by atoms with Gasteiger partial charge < -0.3 is 10.0 Å². The van der Waals surface area contributed by atoms with Crippen molar-refractivity contribution in [1.82, 2.24) is 4.90 Å². The van der Waals surface area contributed by atoms with Gasteiger partial charge in [0.2, 0.25) is 5.91 Å². The number of carbonyl (C=O) groups is 2. The number of carboxylic acid groups (broad SMARTS) is 1. The van der Waals surface area contributed by atoms with Gasteiger partial charge in [-0.1, -0.05) is 6.42 Å². The molecule has 4 atom stereocenters. The van der Waals surface area contributed by atoms with E-state index in [0.29, 0.717) is 29.6 Å². The number of amides is 1. The molecule has 4 nitrogen and oxygen atoms in total. The number of likely N-dealkylation sites (tertiary alicyclic amines) is 1. The molecule has 2 aliphatic carbocycles. The van der Waals surface area contributed by atoms with E-state index >= 15 is 0 Å². The fourth-order valence-corrected chi connectivity index (χ4v) is 4.23. The van der Waals surface area contributed by atoms with Crippen LogP contribution in [0, 0.1) is 23.7 Å². The van der Waals surface area contributed by atoms with Crippen LogP contribution in [0.3, 0.4) is 0 Å². The molecule has 1 heterocycles. The van der Waals surface area contributed by atoms with Gasteiger partial charge in [0.05, 0.1) is 0 Å². The highest BCUT2D eigenvalue weighted by atomic mass is 16.4. The van der Waals surface area contributed by atoms with E-state index in [-0.39, 0.29) is 6.42 Å². The van der Waals surface area contributed by atoms with Crippen molar-refractivity contribution >= 4 is 11.9 Å². The first-order chi connectivity index (χ1) is 9.16. The quantitative estimate of drug-likeness (QED) is 0.847. The summed E-state index contributed by atoms with van der Waals surface area (Å²) in [5, 5.41) is 8.75. The van der Waals surface area contributed by atoms with Gasteiger partial charge in [0, 0.05) is 25.4 Å². The molecule has 1 aliphatic heterocycles. The molecule has 1 unspecified atom stereocenters. The summed E-state index contributed by atoms with van der Waals surface area (Å²) in [6.45, 7) is 1.68. The predicted octanol–water partition coefficient (Wildman–Crippen LogP) is 2.14.